The Hall–Kier alpha value is -0.0157. The average Bonchev–Trinajstić information content (AvgIpc) is 2.09. The molecule has 0 heterocycles. The van der Waals surface area contributed by atoms with E-state index in [1.165, 1.54) is 0 Å². The zero-order valence-corrected chi connectivity index (χ0v) is 9.23. The summed E-state index contributed by atoms with van der Waals surface area (Å²) in [5, 5.41) is 8.60. The summed E-state index contributed by atoms with van der Waals surface area (Å²) in [7, 11) is 0. The molecular weight excluding hydrogens is 192 g/mol. The minimum atomic E-state index is -0.643. The van der Waals surface area contributed by atoms with Gasteiger partial charge in [-0.2, -0.15) is 0 Å². The van der Waals surface area contributed by atoms with Gasteiger partial charge < -0.3 is 5.11 Å². The zero-order chi connectivity index (χ0) is 9.98. The van der Waals surface area contributed by atoms with E-state index in [0.717, 1.165) is 46.1 Å². The van der Waals surface area contributed by atoms with Gasteiger partial charge in [-0.25, -0.2) is 0 Å². The number of carboxylic acid groups (broad SMARTS) is 1. The third-order valence-electron chi connectivity index (χ3n) is 1.75. The summed E-state index contributed by atoms with van der Waals surface area (Å²) in [4.78, 5) is 10.4. The molecule has 0 bridgehead atoms. The van der Waals surface area contributed by atoms with Crippen molar-refractivity contribution in [1.82, 2.24) is 0 Å². The summed E-state index contributed by atoms with van der Waals surface area (Å²) in [5.74, 6) is -0.754. The van der Waals surface area contributed by atoms with Gasteiger partial charge in [-0.15, -0.1) is 0 Å². The van der Waals surface area contributed by atoms with Crippen LogP contribution in [0.25, 0.3) is 0 Å². The molecule has 1 N–H and O–H groups in total. The Balaban J connectivity index is 0. The van der Waals surface area contributed by atoms with Crippen LogP contribution in [0, 0.1) is 5.92 Å². The first-order chi connectivity index (χ1) is 5.72. The number of carboxylic acids is 1. The third-order valence-corrected chi connectivity index (χ3v) is 1.75. The van der Waals surface area contributed by atoms with Crippen LogP contribution in [0.1, 0.15) is 39.5 Å². The maximum atomic E-state index is 10.4. The Bertz CT molecular complexity index is 117. The van der Waals surface area contributed by atoms with Crippen LogP contribution >= 0.6 is 0 Å². The van der Waals surface area contributed by atoms with E-state index in [0.29, 0.717) is 0 Å². The zero-order valence-electron chi connectivity index (χ0n) is 7.67. The minimum absolute atomic E-state index is 0.111. The fourth-order valence-corrected chi connectivity index (χ4v) is 0.953. The van der Waals surface area contributed by atoms with E-state index in [2.05, 4.69) is 6.92 Å². The summed E-state index contributed by atoms with van der Waals surface area (Å²) in [6.07, 6.45) is 3.71. The molecule has 0 spiro atoms. The van der Waals surface area contributed by atoms with Crippen LogP contribution in [0.3, 0.4) is 0 Å². The van der Waals surface area contributed by atoms with Crippen LogP contribution in [0.2, 0.25) is 0 Å². The Morgan fingerprint density at radius 1 is 1.42 bits per heavy atom. The molecule has 1 atom stereocenters. The van der Waals surface area contributed by atoms with Crippen molar-refractivity contribution in [3.8, 4) is 0 Å². The number of rotatable bonds is 5. The molecule has 0 fully saturated rings. The summed E-state index contributed by atoms with van der Waals surface area (Å²) in [6, 6.07) is 0. The van der Waals surface area contributed by atoms with Crippen LogP contribution in [0.5, 0.6) is 0 Å². The Morgan fingerprint density at radius 3 is 2.17 bits per heavy atom. The van der Waals surface area contributed by atoms with E-state index in [1.807, 2.05) is 6.92 Å². The normalized spacial score (nSPS) is 11.1. The van der Waals surface area contributed by atoms with Crippen molar-refractivity contribution in [2.75, 3.05) is 0 Å². The molecule has 0 rings (SSSR count). The molecule has 0 saturated heterocycles. The van der Waals surface area contributed by atoms with Gasteiger partial charge in [0.2, 0.25) is 0 Å². The van der Waals surface area contributed by atoms with Crippen molar-refractivity contribution in [3.63, 3.8) is 0 Å². The van der Waals surface area contributed by atoms with Crippen LogP contribution in [-0.2, 0) is 28.5 Å². The van der Waals surface area contributed by atoms with Crippen molar-refractivity contribution in [1.29, 1.82) is 0 Å². The summed E-state index contributed by atoms with van der Waals surface area (Å²) < 4.78 is 8.25. The number of hydrogen-bond acceptors (Lipinski definition) is 2. The van der Waals surface area contributed by atoms with E-state index in [1.54, 1.807) is 0 Å². The first-order valence-electron chi connectivity index (χ1n) is 4.15. The van der Waals surface area contributed by atoms with Gasteiger partial charge in [0.25, 0.3) is 0 Å². The van der Waals surface area contributed by atoms with E-state index in [4.69, 9.17) is 8.43 Å². The van der Waals surface area contributed by atoms with E-state index < -0.39 is 5.97 Å². The molecule has 4 heteroatoms. The van der Waals surface area contributed by atoms with Gasteiger partial charge in [-0.3, -0.25) is 4.79 Å². The standard InChI is InChI=1S/C8H16O2.O.Ti/c1-3-5-6-7(4-2)8(9)10;;/h7H,3-6H2,1-2H3,(H,9,10);;. The molecule has 0 aliphatic heterocycles. The van der Waals surface area contributed by atoms with Gasteiger partial charge in [-0.05, 0) is 12.8 Å². The van der Waals surface area contributed by atoms with Gasteiger partial charge in [-0.1, -0.05) is 26.7 Å². The van der Waals surface area contributed by atoms with Crippen molar-refractivity contribution in [2.45, 2.75) is 39.5 Å². The van der Waals surface area contributed by atoms with Crippen molar-refractivity contribution in [2.24, 2.45) is 5.92 Å². The van der Waals surface area contributed by atoms with Gasteiger partial charge in [0.05, 0.1) is 5.92 Å². The second-order valence-electron chi connectivity index (χ2n) is 2.59. The van der Waals surface area contributed by atoms with Gasteiger partial charge in [0.15, 0.2) is 0 Å². The number of hydrogen-bond donors (Lipinski definition) is 1. The van der Waals surface area contributed by atoms with Gasteiger partial charge in [0, 0.05) is 0 Å². The molecule has 0 aliphatic rings. The van der Waals surface area contributed by atoms with Crippen LogP contribution < -0.4 is 0 Å². The number of unbranched alkanes of at least 4 members (excludes halogenated alkanes) is 1. The Labute approximate surface area is 85.3 Å². The second kappa shape index (κ2) is 11.0. The van der Waals surface area contributed by atoms with Crippen molar-refractivity contribution >= 4 is 5.97 Å². The fraction of sp³-hybridized carbons (Fsp3) is 0.875. The molecule has 0 aliphatic carbocycles. The number of carbonyl (C=O) groups is 1. The van der Waals surface area contributed by atoms with E-state index in [9.17, 15) is 4.79 Å². The van der Waals surface area contributed by atoms with Crippen LogP contribution in [0.4, 0.5) is 0 Å². The Kier molecular flexibility index (Phi) is 13.3. The SMILES string of the molecule is CCCCC(CC)C(=O)O.[O]=[Ti]. The molecule has 0 amide bonds. The second-order valence-corrected chi connectivity index (χ2v) is 2.59. The maximum absolute atomic E-state index is 10.4. The van der Waals surface area contributed by atoms with Gasteiger partial charge >= 0.3 is 29.7 Å². The first-order valence-corrected chi connectivity index (χ1v) is 4.79. The molecule has 0 aromatic carbocycles. The monoisotopic (exact) mass is 208 g/mol. The van der Waals surface area contributed by atoms with E-state index >= 15 is 0 Å². The number of aliphatic carboxylic acids is 1. The molecule has 0 aromatic rings. The predicted molar refractivity (Wildman–Crippen MR) is 41.6 cm³/mol. The van der Waals surface area contributed by atoms with Gasteiger partial charge in [0.1, 0.15) is 0 Å². The first kappa shape index (κ1) is 14.5. The van der Waals surface area contributed by atoms with Crippen molar-refractivity contribution < 1.29 is 33.6 Å². The molecule has 0 saturated carbocycles. The molecule has 0 aromatic heterocycles. The van der Waals surface area contributed by atoms with E-state index in [-0.39, 0.29) is 5.92 Å². The molecular formula is C8H16O3Ti. The topological polar surface area (TPSA) is 54.4 Å². The third kappa shape index (κ3) is 8.08. The predicted octanol–water partition coefficient (Wildman–Crippen LogP) is 2.17. The average molecular weight is 208 g/mol. The Morgan fingerprint density at radius 2 is 1.92 bits per heavy atom. The molecule has 70 valence electrons. The fourth-order valence-electron chi connectivity index (χ4n) is 0.953. The summed E-state index contributed by atoms with van der Waals surface area (Å²) in [6.45, 7) is 4.00. The summed E-state index contributed by atoms with van der Waals surface area (Å²) in [5.41, 5.74) is 0. The molecule has 12 heavy (non-hydrogen) atoms. The molecule has 3 nitrogen and oxygen atoms in total. The summed E-state index contributed by atoms with van der Waals surface area (Å²) >= 11 is 0.750. The quantitative estimate of drug-likeness (QED) is 0.704. The van der Waals surface area contributed by atoms with Crippen molar-refractivity contribution in [3.05, 3.63) is 0 Å². The van der Waals surface area contributed by atoms with Crippen LogP contribution in [0.15, 0.2) is 0 Å². The molecule has 1 unspecified atom stereocenters. The van der Waals surface area contributed by atoms with Crippen LogP contribution in [-0.4, -0.2) is 11.1 Å². The molecule has 0 radical (unpaired) electrons.